The molecule has 0 radical (unpaired) electrons. The fourth-order valence-electron chi connectivity index (χ4n) is 1.89. The Balaban J connectivity index is 1.97. The summed E-state index contributed by atoms with van der Waals surface area (Å²) < 4.78 is 10.4. The zero-order valence-corrected chi connectivity index (χ0v) is 10.6. The van der Waals surface area contributed by atoms with Crippen molar-refractivity contribution >= 4 is 0 Å². The Morgan fingerprint density at radius 2 is 2.28 bits per heavy atom. The first-order chi connectivity index (χ1) is 8.83. The first kappa shape index (κ1) is 13.2. The van der Waals surface area contributed by atoms with Gasteiger partial charge >= 0.3 is 0 Å². The topological polar surface area (TPSA) is 72.6 Å². The number of pyridine rings is 1. The van der Waals surface area contributed by atoms with Gasteiger partial charge in [-0.3, -0.25) is 0 Å². The number of nitrogens with zero attached hydrogens (tertiary/aromatic N) is 2. The molecule has 18 heavy (non-hydrogen) atoms. The van der Waals surface area contributed by atoms with Crippen LogP contribution in [0.2, 0.25) is 0 Å². The average molecular weight is 252 g/mol. The van der Waals surface area contributed by atoms with Crippen molar-refractivity contribution in [3.63, 3.8) is 0 Å². The standard InChI is InChI=1S/C12H20N4O2/c1-17-12-3-2-10(9-14-12)11(8-13)15-16-4-6-18-7-5-16/h2-3,9,11,15H,4-8,13H2,1H3. The third-order valence-corrected chi connectivity index (χ3v) is 2.96. The summed E-state index contributed by atoms with van der Waals surface area (Å²) >= 11 is 0. The number of nitrogens with two attached hydrogens (primary N) is 1. The molecule has 1 aromatic heterocycles. The quantitative estimate of drug-likeness (QED) is 0.764. The highest BCUT2D eigenvalue weighted by molar-refractivity contribution is 5.20. The number of ether oxygens (including phenoxy) is 2. The van der Waals surface area contributed by atoms with Gasteiger partial charge in [-0.25, -0.2) is 15.4 Å². The highest BCUT2D eigenvalue weighted by Gasteiger charge is 2.16. The molecule has 6 heteroatoms. The van der Waals surface area contributed by atoms with E-state index in [4.69, 9.17) is 15.2 Å². The molecule has 0 amide bonds. The zero-order valence-electron chi connectivity index (χ0n) is 10.6. The molecule has 1 aliphatic heterocycles. The molecule has 1 aromatic rings. The Kier molecular flexibility index (Phi) is 4.89. The SMILES string of the molecule is COc1ccc(C(CN)NN2CCOCC2)cn1. The fraction of sp³-hybridized carbons (Fsp3) is 0.583. The van der Waals surface area contributed by atoms with Crippen molar-refractivity contribution in [1.29, 1.82) is 0 Å². The predicted octanol–water partition coefficient (Wildman–Crippen LogP) is -0.0732. The lowest BCUT2D eigenvalue weighted by Gasteiger charge is -2.31. The zero-order chi connectivity index (χ0) is 12.8. The number of aromatic nitrogens is 1. The molecule has 2 rings (SSSR count). The van der Waals surface area contributed by atoms with Crippen LogP contribution in [0.5, 0.6) is 5.88 Å². The summed E-state index contributed by atoms with van der Waals surface area (Å²) in [7, 11) is 1.61. The molecular weight excluding hydrogens is 232 g/mol. The molecule has 0 bridgehead atoms. The highest BCUT2D eigenvalue weighted by Crippen LogP contribution is 2.14. The van der Waals surface area contributed by atoms with E-state index in [0.717, 1.165) is 31.9 Å². The molecule has 1 fully saturated rings. The van der Waals surface area contributed by atoms with Crippen LogP contribution in [0.3, 0.4) is 0 Å². The van der Waals surface area contributed by atoms with Gasteiger partial charge in [-0.15, -0.1) is 0 Å². The smallest absolute Gasteiger partial charge is 0.212 e. The van der Waals surface area contributed by atoms with Crippen molar-refractivity contribution in [3.8, 4) is 5.88 Å². The molecule has 0 aromatic carbocycles. The second-order valence-corrected chi connectivity index (χ2v) is 4.15. The molecule has 1 aliphatic rings. The Labute approximate surface area is 107 Å². The van der Waals surface area contributed by atoms with Crippen LogP contribution in [0, 0.1) is 0 Å². The number of hydrazine groups is 1. The van der Waals surface area contributed by atoms with Crippen molar-refractivity contribution in [1.82, 2.24) is 15.4 Å². The Morgan fingerprint density at radius 3 is 2.83 bits per heavy atom. The van der Waals surface area contributed by atoms with Crippen molar-refractivity contribution in [3.05, 3.63) is 23.9 Å². The van der Waals surface area contributed by atoms with E-state index in [0.29, 0.717) is 12.4 Å². The summed E-state index contributed by atoms with van der Waals surface area (Å²) in [6.45, 7) is 3.78. The lowest BCUT2D eigenvalue weighted by Crippen LogP contribution is -2.48. The number of morpholine rings is 1. The van der Waals surface area contributed by atoms with Crippen molar-refractivity contribution in [2.24, 2.45) is 5.73 Å². The Morgan fingerprint density at radius 1 is 1.50 bits per heavy atom. The summed E-state index contributed by atoms with van der Waals surface area (Å²) in [4.78, 5) is 4.20. The molecule has 1 unspecified atom stereocenters. The van der Waals surface area contributed by atoms with E-state index in [-0.39, 0.29) is 6.04 Å². The van der Waals surface area contributed by atoms with Crippen molar-refractivity contribution in [2.45, 2.75) is 6.04 Å². The second-order valence-electron chi connectivity index (χ2n) is 4.15. The Hall–Kier alpha value is -1.21. The predicted molar refractivity (Wildman–Crippen MR) is 68.1 cm³/mol. The average Bonchev–Trinajstić information content (AvgIpc) is 2.46. The molecule has 6 nitrogen and oxygen atoms in total. The molecule has 0 aliphatic carbocycles. The van der Waals surface area contributed by atoms with Gasteiger partial charge in [0.25, 0.3) is 0 Å². The fourth-order valence-corrected chi connectivity index (χ4v) is 1.89. The largest absolute Gasteiger partial charge is 0.481 e. The van der Waals surface area contributed by atoms with Crippen LogP contribution >= 0.6 is 0 Å². The van der Waals surface area contributed by atoms with Crippen LogP contribution in [-0.4, -0.2) is 50.0 Å². The summed E-state index contributed by atoms with van der Waals surface area (Å²) in [6, 6.07) is 3.90. The molecule has 1 atom stereocenters. The maximum Gasteiger partial charge on any atom is 0.212 e. The maximum absolute atomic E-state index is 5.81. The van der Waals surface area contributed by atoms with E-state index in [1.54, 1.807) is 13.3 Å². The van der Waals surface area contributed by atoms with Gasteiger partial charge in [-0.2, -0.15) is 0 Å². The van der Waals surface area contributed by atoms with Crippen LogP contribution in [0.1, 0.15) is 11.6 Å². The number of rotatable bonds is 5. The molecular formula is C12H20N4O2. The molecule has 3 N–H and O–H groups in total. The minimum absolute atomic E-state index is 0.0708. The van der Waals surface area contributed by atoms with Gasteiger partial charge in [0.2, 0.25) is 5.88 Å². The van der Waals surface area contributed by atoms with E-state index in [1.807, 2.05) is 12.1 Å². The van der Waals surface area contributed by atoms with Gasteiger partial charge in [0.05, 0.1) is 26.4 Å². The van der Waals surface area contributed by atoms with Crippen molar-refractivity contribution < 1.29 is 9.47 Å². The third-order valence-electron chi connectivity index (χ3n) is 2.96. The van der Waals surface area contributed by atoms with Gasteiger partial charge in [0.15, 0.2) is 0 Å². The van der Waals surface area contributed by atoms with E-state index >= 15 is 0 Å². The van der Waals surface area contributed by atoms with E-state index in [1.165, 1.54) is 0 Å². The highest BCUT2D eigenvalue weighted by atomic mass is 16.5. The van der Waals surface area contributed by atoms with Gasteiger partial charge < -0.3 is 15.2 Å². The molecule has 1 saturated heterocycles. The summed E-state index contributed by atoms with van der Waals surface area (Å²) in [5.74, 6) is 0.612. The summed E-state index contributed by atoms with van der Waals surface area (Å²) in [5, 5.41) is 2.14. The van der Waals surface area contributed by atoms with Crippen LogP contribution in [0.4, 0.5) is 0 Å². The first-order valence-electron chi connectivity index (χ1n) is 6.12. The van der Waals surface area contributed by atoms with Gasteiger partial charge in [-0.1, -0.05) is 6.07 Å². The van der Waals surface area contributed by atoms with Crippen molar-refractivity contribution in [2.75, 3.05) is 40.0 Å². The van der Waals surface area contributed by atoms with E-state index < -0.39 is 0 Å². The molecule has 0 saturated carbocycles. The summed E-state index contributed by atoms with van der Waals surface area (Å²) in [6.07, 6.45) is 1.80. The Bertz CT molecular complexity index is 352. The first-order valence-corrected chi connectivity index (χ1v) is 6.12. The number of methoxy groups -OCH3 is 1. The van der Waals surface area contributed by atoms with Gasteiger partial charge in [-0.05, 0) is 5.56 Å². The lowest BCUT2D eigenvalue weighted by atomic mass is 10.1. The van der Waals surface area contributed by atoms with E-state index in [9.17, 15) is 0 Å². The number of hydrogen-bond acceptors (Lipinski definition) is 6. The molecule has 2 heterocycles. The monoisotopic (exact) mass is 252 g/mol. The third kappa shape index (κ3) is 3.39. The van der Waals surface area contributed by atoms with Crippen LogP contribution in [-0.2, 0) is 4.74 Å². The molecule has 100 valence electrons. The maximum atomic E-state index is 5.81. The van der Waals surface area contributed by atoms with Crippen LogP contribution < -0.4 is 15.9 Å². The lowest BCUT2D eigenvalue weighted by molar-refractivity contribution is 0.00402. The van der Waals surface area contributed by atoms with Crippen LogP contribution in [0.15, 0.2) is 18.3 Å². The van der Waals surface area contributed by atoms with Crippen LogP contribution in [0.25, 0.3) is 0 Å². The van der Waals surface area contributed by atoms with E-state index in [2.05, 4.69) is 15.4 Å². The minimum Gasteiger partial charge on any atom is -0.481 e. The summed E-state index contributed by atoms with van der Waals surface area (Å²) in [5.41, 5.74) is 10.3. The van der Waals surface area contributed by atoms with Gasteiger partial charge in [0.1, 0.15) is 0 Å². The molecule has 0 spiro atoms. The second kappa shape index (κ2) is 6.65. The normalized spacial score (nSPS) is 18.6. The minimum atomic E-state index is 0.0708. The number of nitrogens with one attached hydrogen (secondary N) is 1. The van der Waals surface area contributed by atoms with Gasteiger partial charge in [0, 0.05) is 31.9 Å². The number of hydrogen-bond donors (Lipinski definition) is 2.